The van der Waals surface area contributed by atoms with E-state index in [1.165, 1.54) is 43.4 Å². The first-order valence-electron chi connectivity index (χ1n) is 11.2. The van der Waals surface area contributed by atoms with Crippen molar-refractivity contribution >= 4 is 28.4 Å². The van der Waals surface area contributed by atoms with Crippen LogP contribution in [0.4, 0.5) is 9.93 Å². The smallest absolute Gasteiger partial charge is 0.315 e. The number of unbranched alkanes of at least 4 members (excludes halogenated alkanes) is 2. The van der Waals surface area contributed by atoms with Gasteiger partial charge in [-0.15, -0.1) is 10.2 Å². The van der Waals surface area contributed by atoms with Crippen LogP contribution in [0.2, 0.25) is 0 Å². The maximum absolute atomic E-state index is 12.4. The zero-order chi connectivity index (χ0) is 20.3. The molecule has 8 heteroatoms. The molecule has 1 aromatic heterocycles. The van der Waals surface area contributed by atoms with E-state index in [0.29, 0.717) is 11.7 Å². The van der Waals surface area contributed by atoms with Crippen molar-refractivity contribution in [1.82, 2.24) is 20.8 Å². The summed E-state index contributed by atoms with van der Waals surface area (Å²) in [7, 11) is 0. The summed E-state index contributed by atoms with van der Waals surface area (Å²) in [5.74, 6) is 2.25. The molecule has 0 spiro atoms. The molecule has 4 aliphatic carbocycles. The number of hydrogen-bond acceptors (Lipinski definition) is 5. The van der Waals surface area contributed by atoms with Crippen molar-refractivity contribution in [1.29, 1.82) is 0 Å². The molecule has 7 nitrogen and oxygen atoms in total. The van der Waals surface area contributed by atoms with Crippen molar-refractivity contribution in [2.24, 2.45) is 17.8 Å². The lowest BCUT2D eigenvalue weighted by Gasteiger charge is -2.56. The molecule has 0 aliphatic heterocycles. The minimum Gasteiger partial charge on any atom is -0.338 e. The molecule has 4 saturated carbocycles. The SMILES string of the molecule is CCCCCc1nnc(NC(=O)CCNC(=O)NC23CC4CC(CC(C4)C2)C3)s1. The molecule has 0 saturated heterocycles. The second-order valence-corrected chi connectivity index (χ2v) is 10.4. The quantitative estimate of drug-likeness (QED) is 0.530. The van der Waals surface area contributed by atoms with Gasteiger partial charge in [0.1, 0.15) is 5.01 Å². The minimum atomic E-state index is -0.142. The van der Waals surface area contributed by atoms with Crippen LogP contribution in [0, 0.1) is 17.8 Å². The summed E-state index contributed by atoms with van der Waals surface area (Å²) in [5.41, 5.74) is 0.00181. The van der Waals surface area contributed by atoms with Gasteiger partial charge >= 0.3 is 6.03 Å². The highest BCUT2D eigenvalue weighted by atomic mass is 32.1. The second-order valence-electron chi connectivity index (χ2n) is 9.34. The summed E-state index contributed by atoms with van der Waals surface area (Å²) in [6, 6.07) is -0.131. The largest absolute Gasteiger partial charge is 0.338 e. The summed E-state index contributed by atoms with van der Waals surface area (Å²) in [6.45, 7) is 2.50. The monoisotopic (exact) mass is 419 g/mol. The highest BCUT2D eigenvalue weighted by Gasteiger charge is 2.51. The molecule has 0 atom stereocenters. The number of carbonyl (C=O) groups excluding carboxylic acids is 2. The maximum atomic E-state index is 12.4. The first kappa shape index (κ1) is 20.6. The minimum absolute atomic E-state index is 0.00181. The number of hydrogen-bond donors (Lipinski definition) is 3. The average molecular weight is 420 g/mol. The normalized spacial score (nSPS) is 29.6. The van der Waals surface area contributed by atoms with Crippen LogP contribution in [0.5, 0.6) is 0 Å². The Kier molecular flexibility index (Phi) is 6.37. The van der Waals surface area contributed by atoms with Gasteiger partial charge in [0.25, 0.3) is 0 Å². The lowest BCUT2D eigenvalue weighted by atomic mass is 9.53. The highest BCUT2D eigenvalue weighted by molar-refractivity contribution is 7.15. The average Bonchev–Trinajstić information content (AvgIpc) is 3.07. The van der Waals surface area contributed by atoms with Gasteiger partial charge in [0.2, 0.25) is 11.0 Å². The van der Waals surface area contributed by atoms with Crippen LogP contribution in [0.1, 0.15) is 76.1 Å². The van der Waals surface area contributed by atoms with Crippen molar-refractivity contribution in [2.75, 3.05) is 11.9 Å². The number of aromatic nitrogens is 2. The molecule has 1 heterocycles. The van der Waals surface area contributed by atoms with Gasteiger partial charge in [-0.1, -0.05) is 31.1 Å². The lowest BCUT2D eigenvalue weighted by Crippen LogP contribution is -2.61. The van der Waals surface area contributed by atoms with Crippen LogP contribution in [0.15, 0.2) is 0 Å². The van der Waals surface area contributed by atoms with Crippen molar-refractivity contribution in [3.63, 3.8) is 0 Å². The van der Waals surface area contributed by atoms with Crippen LogP contribution in [-0.2, 0) is 11.2 Å². The maximum Gasteiger partial charge on any atom is 0.315 e. The van der Waals surface area contributed by atoms with E-state index >= 15 is 0 Å². The molecular formula is C21H33N5O2S. The number of nitrogens with one attached hydrogen (secondary N) is 3. The van der Waals surface area contributed by atoms with Gasteiger partial charge in [0.15, 0.2) is 0 Å². The van der Waals surface area contributed by atoms with Crippen LogP contribution in [-0.4, -0.2) is 34.2 Å². The third-order valence-electron chi connectivity index (χ3n) is 6.76. The Morgan fingerprint density at radius 1 is 1.07 bits per heavy atom. The van der Waals surface area contributed by atoms with Gasteiger partial charge in [-0.05, 0) is 62.7 Å². The fourth-order valence-electron chi connectivity index (χ4n) is 5.95. The van der Waals surface area contributed by atoms with E-state index in [1.807, 2.05) is 0 Å². The summed E-state index contributed by atoms with van der Waals surface area (Å²) in [5, 5.41) is 18.6. The van der Waals surface area contributed by atoms with Crippen LogP contribution in [0.3, 0.4) is 0 Å². The highest BCUT2D eigenvalue weighted by Crippen LogP contribution is 2.55. The fraction of sp³-hybridized carbons (Fsp3) is 0.810. The third-order valence-corrected chi connectivity index (χ3v) is 7.66. The Balaban J connectivity index is 1.16. The van der Waals surface area contributed by atoms with Gasteiger partial charge in [-0.2, -0.15) is 0 Å². The molecule has 1 aromatic rings. The molecule has 0 unspecified atom stereocenters. The van der Waals surface area contributed by atoms with Crippen molar-refractivity contribution in [2.45, 2.75) is 83.1 Å². The number of amides is 3. The molecule has 4 aliphatic rings. The van der Waals surface area contributed by atoms with E-state index in [-0.39, 0.29) is 23.9 Å². The predicted octanol–water partition coefficient (Wildman–Crippen LogP) is 3.87. The molecule has 3 N–H and O–H groups in total. The summed E-state index contributed by atoms with van der Waals surface area (Å²) < 4.78 is 0. The number of urea groups is 1. The van der Waals surface area contributed by atoms with E-state index in [0.717, 1.165) is 54.9 Å². The van der Waals surface area contributed by atoms with E-state index in [1.54, 1.807) is 0 Å². The third kappa shape index (κ3) is 5.27. The number of rotatable bonds is 9. The molecule has 5 rings (SSSR count). The van der Waals surface area contributed by atoms with Gasteiger partial charge in [0.05, 0.1) is 0 Å². The van der Waals surface area contributed by atoms with Crippen LogP contribution < -0.4 is 16.0 Å². The van der Waals surface area contributed by atoms with Gasteiger partial charge < -0.3 is 16.0 Å². The van der Waals surface area contributed by atoms with Crippen LogP contribution in [0.25, 0.3) is 0 Å². The zero-order valence-corrected chi connectivity index (χ0v) is 18.2. The summed E-state index contributed by atoms with van der Waals surface area (Å²) in [4.78, 5) is 24.6. The standard InChI is InChI=1S/C21H33N5O2S/c1-2-3-4-5-18-25-26-20(29-18)23-17(27)6-7-22-19(28)24-21-11-14-8-15(12-21)10-16(9-14)13-21/h14-16H,2-13H2,1H3,(H2,22,24,28)(H,23,26,27). The molecule has 4 fully saturated rings. The molecule has 3 amide bonds. The Hall–Kier alpha value is -1.70. The van der Waals surface area contributed by atoms with Crippen molar-refractivity contribution in [3.8, 4) is 0 Å². The number of nitrogens with zero attached hydrogens (tertiary/aromatic N) is 2. The molecule has 0 radical (unpaired) electrons. The topological polar surface area (TPSA) is 96.0 Å². The number of aryl methyl sites for hydroxylation is 1. The fourth-order valence-corrected chi connectivity index (χ4v) is 6.75. The first-order valence-corrected chi connectivity index (χ1v) is 12.0. The van der Waals surface area contributed by atoms with Gasteiger partial charge in [0, 0.05) is 24.9 Å². The Labute approximate surface area is 176 Å². The zero-order valence-electron chi connectivity index (χ0n) is 17.3. The van der Waals surface area contributed by atoms with E-state index in [2.05, 4.69) is 33.1 Å². The lowest BCUT2D eigenvalue weighted by molar-refractivity contribution is -0.116. The number of carbonyl (C=O) groups is 2. The molecule has 4 bridgehead atoms. The number of anilines is 1. The second kappa shape index (κ2) is 8.98. The summed E-state index contributed by atoms with van der Waals surface area (Å²) in [6.07, 6.45) is 12.1. The van der Waals surface area contributed by atoms with Gasteiger partial charge in [-0.25, -0.2) is 4.79 Å². The molecule has 160 valence electrons. The Morgan fingerprint density at radius 2 is 1.76 bits per heavy atom. The molecule has 29 heavy (non-hydrogen) atoms. The summed E-state index contributed by atoms with van der Waals surface area (Å²) >= 11 is 1.43. The van der Waals surface area contributed by atoms with Crippen molar-refractivity contribution in [3.05, 3.63) is 5.01 Å². The Bertz CT molecular complexity index is 699. The van der Waals surface area contributed by atoms with E-state index < -0.39 is 0 Å². The van der Waals surface area contributed by atoms with Gasteiger partial charge in [-0.3, -0.25) is 4.79 Å². The Morgan fingerprint density at radius 3 is 2.41 bits per heavy atom. The van der Waals surface area contributed by atoms with E-state index in [4.69, 9.17) is 0 Å². The first-order chi connectivity index (χ1) is 14.0. The molecular weight excluding hydrogens is 386 g/mol. The van der Waals surface area contributed by atoms with E-state index in [9.17, 15) is 9.59 Å². The molecule has 0 aromatic carbocycles. The predicted molar refractivity (Wildman–Crippen MR) is 114 cm³/mol. The van der Waals surface area contributed by atoms with Crippen LogP contribution >= 0.6 is 11.3 Å². The van der Waals surface area contributed by atoms with Crippen molar-refractivity contribution < 1.29 is 9.59 Å².